The van der Waals surface area contributed by atoms with E-state index >= 15 is 0 Å². The van der Waals surface area contributed by atoms with Gasteiger partial charge in [-0.2, -0.15) is 43.0 Å². The molecular formula is C48H76N5O30P6S2+. The third-order valence-electron chi connectivity index (χ3n) is 13.8. The number of aliphatic hydroxyl groups excluding tert-OH is 1. The van der Waals surface area contributed by atoms with E-state index in [0.29, 0.717) is 61.3 Å². The molecule has 35 nitrogen and oxygen atoms in total. The zero-order valence-corrected chi connectivity index (χ0v) is 57.2. The minimum Gasteiger partial charge on any atom is -0.390 e. The van der Waals surface area contributed by atoms with Crippen LogP contribution in [0.25, 0.3) is 0 Å². The number of nitrogens with one attached hydrogen (secondary N) is 3. The molecule has 0 bridgehead atoms. The highest BCUT2D eigenvalue weighted by Gasteiger charge is 2.51. The topological polar surface area (TPSA) is 520 Å². The molecular weight excluding hydrogens is 1380 g/mol. The van der Waals surface area contributed by atoms with Gasteiger partial charge in [0.1, 0.15) is 12.6 Å². The zero-order chi connectivity index (χ0) is 68.6. The molecule has 514 valence electrons. The Balaban J connectivity index is 1.19. The van der Waals surface area contributed by atoms with Gasteiger partial charge in [-0.15, -0.1) is 0 Å². The summed E-state index contributed by atoms with van der Waals surface area (Å²) in [6.45, 7) is 11.8. The van der Waals surface area contributed by atoms with E-state index in [1.807, 2.05) is 70.4 Å². The predicted octanol–water partition coefficient (Wildman–Crippen LogP) is 5.90. The molecule has 3 heterocycles. The normalized spacial score (nSPS) is 22.5. The van der Waals surface area contributed by atoms with Gasteiger partial charge in [0.2, 0.25) is 5.69 Å². The molecule has 0 spiro atoms. The average molecular weight is 1450 g/mol. The number of carbonyl (C=O) groups excluding carboxylic acids is 3. The fourth-order valence-electron chi connectivity index (χ4n) is 10.2. The lowest BCUT2D eigenvalue weighted by Gasteiger charge is -2.27. The Morgan fingerprint density at radius 3 is 1.73 bits per heavy atom. The second-order valence-electron chi connectivity index (χ2n) is 21.9. The van der Waals surface area contributed by atoms with E-state index in [4.69, 9.17) is 4.74 Å². The Labute approximate surface area is 524 Å². The fraction of sp³-hybridized carbons (Fsp3) is 0.583. The first-order valence-electron chi connectivity index (χ1n) is 27.8. The quantitative estimate of drug-likeness (QED) is 0.0163. The van der Waals surface area contributed by atoms with Crippen LogP contribution in [0, 0.1) is 0 Å². The Morgan fingerprint density at radius 1 is 0.681 bits per heavy atom. The number of hydrogen-bond acceptors (Lipinski definition) is 23. The second-order valence-corrected chi connectivity index (χ2v) is 34.4. The van der Waals surface area contributed by atoms with Gasteiger partial charge >= 0.3 is 46.9 Å². The maximum absolute atomic E-state index is 14.0. The monoisotopic (exact) mass is 1450 g/mol. The highest BCUT2D eigenvalue weighted by Crippen LogP contribution is 2.75. The van der Waals surface area contributed by atoms with Crippen molar-refractivity contribution in [3.05, 3.63) is 82.1 Å². The molecule has 2 aromatic carbocycles. The SMILES string of the molecule is CCCN1/C(=C/C=C/C2=[N+](CCC)c3cc(C(=O)NCCS(=O)(=O)O)cc(C(=O)NCCS(=O)(=O)O)c3C2(C)C)C(C)(C)c2c(C(=O)NCCCCCCOP(=O)(O)OP(=O)(O)OP(=O)(O)OP(=O)(O)OP(=O)(O)OP(=O)(O)OC[C@H]3O[C@@H](C)CC3O)cccc21. The number of ether oxygens (including phenoxy) is 1. The molecule has 0 aliphatic carbocycles. The second kappa shape index (κ2) is 31.1. The molecule has 43 heteroatoms. The van der Waals surface area contributed by atoms with Crippen LogP contribution < -0.4 is 20.9 Å². The lowest BCUT2D eigenvalue weighted by atomic mass is 9.78. The maximum atomic E-state index is 14.0. The molecule has 9 atom stereocenters. The van der Waals surface area contributed by atoms with Gasteiger partial charge in [0.25, 0.3) is 38.0 Å². The van der Waals surface area contributed by atoms with Crippen LogP contribution in [0.4, 0.5) is 11.4 Å². The number of anilines is 1. The molecule has 91 heavy (non-hydrogen) atoms. The van der Waals surface area contributed by atoms with Crippen LogP contribution in [0.2, 0.25) is 0 Å². The maximum Gasteiger partial charge on any atom is 0.490 e. The van der Waals surface area contributed by atoms with Gasteiger partial charge in [0.15, 0.2) is 5.71 Å². The molecule has 5 rings (SSSR count). The lowest BCUT2D eigenvalue weighted by molar-refractivity contribution is -0.437. The summed E-state index contributed by atoms with van der Waals surface area (Å²) in [7, 11) is -45.7. The molecule has 0 radical (unpaired) electrons. The highest BCUT2D eigenvalue weighted by atomic mass is 32.2. The fourth-order valence-corrected chi connectivity index (χ4v) is 18.8. The van der Waals surface area contributed by atoms with Crippen molar-refractivity contribution in [2.45, 2.75) is 123 Å². The van der Waals surface area contributed by atoms with Crippen molar-refractivity contribution in [1.29, 1.82) is 0 Å². The first-order valence-corrected chi connectivity index (χ1v) is 40.0. The van der Waals surface area contributed by atoms with Crippen LogP contribution >= 0.6 is 46.9 Å². The van der Waals surface area contributed by atoms with Crippen LogP contribution in [-0.4, -0.2) is 164 Å². The number of hydrogen-bond donors (Lipinski definition) is 12. The van der Waals surface area contributed by atoms with Crippen LogP contribution in [0.1, 0.15) is 136 Å². The van der Waals surface area contributed by atoms with Crippen molar-refractivity contribution < 1.29 is 142 Å². The number of phosphoric ester groups is 2. The van der Waals surface area contributed by atoms with E-state index in [1.165, 1.54) is 6.07 Å². The summed E-state index contributed by atoms with van der Waals surface area (Å²) in [5, 5.41) is 17.7. The minimum absolute atomic E-state index is 0.00290. The number of nitrogens with zero attached hydrogens (tertiary/aromatic N) is 2. The van der Waals surface area contributed by atoms with Gasteiger partial charge in [0, 0.05) is 84.7 Å². The zero-order valence-electron chi connectivity index (χ0n) is 50.2. The molecule has 3 aliphatic heterocycles. The van der Waals surface area contributed by atoms with Crippen LogP contribution in [0.15, 0.2) is 54.3 Å². The van der Waals surface area contributed by atoms with Gasteiger partial charge < -0.3 is 60.1 Å². The number of rotatable bonds is 36. The third-order valence-corrected chi connectivity index (χ3v) is 24.4. The van der Waals surface area contributed by atoms with E-state index in [-0.39, 0.29) is 36.9 Å². The standard InChI is InChI=1S/C48H75N5O30P6S2/c1-8-23-52-36-17-14-16-34(45(56)49-20-12-10-11-13-25-76-84(58,59)79-86(62,63)81-88(66,67)83-89(68,69)82-87(64,65)80-85(60,61)77-31-39-38(54)28-32(3)78-39)42(36)47(4,5)40(52)18-15-19-41-48(6,7)43-35(46(57)51-22-27-91(73,74)75)29-33(30-37(43)53(41)24-9-2)44(55)50-21-26-90(70,71)72/h14-19,29-30,32,38-39,54H,8-13,20-28,31H2,1-7H3,(H10-,49,50,51,55,56,57,58,59,60,61,62,63,64,65,66,67,68,69,70,71,72,73,74,75)/p+1/t32-,38?,39+/m0/s1. The van der Waals surface area contributed by atoms with Crippen LogP contribution in [0.3, 0.4) is 0 Å². The first kappa shape index (κ1) is 78.1. The van der Waals surface area contributed by atoms with E-state index in [2.05, 4.69) is 51.5 Å². The van der Waals surface area contributed by atoms with Crippen molar-refractivity contribution in [2.24, 2.45) is 0 Å². The molecule has 0 saturated carbocycles. The number of amides is 3. The van der Waals surface area contributed by atoms with E-state index in [0.717, 1.165) is 16.9 Å². The summed E-state index contributed by atoms with van der Waals surface area (Å²) in [5.74, 6) is -3.48. The van der Waals surface area contributed by atoms with Crippen molar-refractivity contribution in [3.8, 4) is 0 Å². The molecule has 2 aromatic rings. The number of benzene rings is 2. The smallest absolute Gasteiger partial charge is 0.390 e. The Morgan fingerprint density at radius 2 is 1.20 bits per heavy atom. The van der Waals surface area contributed by atoms with Crippen LogP contribution in [-0.2, 0) is 93.8 Å². The average Bonchev–Trinajstić information content (AvgIpc) is 1.60. The Hall–Kier alpha value is -3.60. The molecule has 3 aliphatic rings. The Kier molecular flexibility index (Phi) is 26.7. The Bertz CT molecular complexity index is 3700. The highest BCUT2D eigenvalue weighted by molar-refractivity contribution is 7.86. The number of carbonyl (C=O) groups is 3. The summed E-state index contributed by atoms with van der Waals surface area (Å²) in [6.07, 6.45) is 5.17. The molecule has 1 fully saturated rings. The summed E-state index contributed by atoms with van der Waals surface area (Å²) in [5.41, 5.74) is 2.64. The molecule has 1 saturated heterocycles. The number of allylic oxidation sites excluding steroid dienone is 4. The van der Waals surface area contributed by atoms with Gasteiger partial charge in [-0.25, -0.2) is 27.4 Å². The molecule has 3 amide bonds. The first-order chi connectivity index (χ1) is 41.8. The van der Waals surface area contributed by atoms with Crippen molar-refractivity contribution in [2.75, 3.05) is 62.3 Å². The minimum atomic E-state index is -6.47. The summed E-state index contributed by atoms with van der Waals surface area (Å²) >= 11 is 0. The van der Waals surface area contributed by atoms with Crippen LogP contribution in [0.5, 0.6) is 0 Å². The van der Waals surface area contributed by atoms with E-state index in [9.17, 15) is 102 Å². The molecule has 0 aromatic heterocycles. The largest absolute Gasteiger partial charge is 0.490 e. The van der Waals surface area contributed by atoms with E-state index in [1.54, 1.807) is 25.1 Å². The number of unbranched alkanes of at least 4 members (excludes halogenated alkanes) is 3. The number of phosphoric acid groups is 6. The van der Waals surface area contributed by atoms with E-state index < -0.39 is 152 Å². The lowest BCUT2D eigenvalue weighted by Crippen LogP contribution is -2.34. The van der Waals surface area contributed by atoms with Crippen molar-refractivity contribution >= 4 is 102 Å². The molecule has 12 N–H and O–H groups in total. The van der Waals surface area contributed by atoms with Crippen molar-refractivity contribution in [1.82, 2.24) is 16.0 Å². The summed E-state index contributed by atoms with van der Waals surface area (Å²) < 4.78 is 173. The predicted molar refractivity (Wildman–Crippen MR) is 323 cm³/mol. The van der Waals surface area contributed by atoms with Gasteiger partial charge in [-0.1, -0.05) is 52.7 Å². The van der Waals surface area contributed by atoms with Gasteiger partial charge in [-0.05, 0) is 64.3 Å². The number of fused-ring (bicyclic) bond motifs is 2. The molecule has 7 unspecified atom stereocenters. The summed E-state index contributed by atoms with van der Waals surface area (Å²) in [6, 6.07) is 8.20. The van der Waals surface area contributed by atoms with Gasteiger partial charge in [-0.3, -0.25) is 32.5 Å². The van der Waals surface area contributed by atoms with Gasteiger partial charge in [0.05, 0.1) is 53.5 Å². The van der Waals surface area contributed by atoms with Crippen molar-refractivity contribution in [3.63, 3.8) is 0 Å². The summed E-state index contributed by atoms with van der Waals surface area (Å²) in [4.78, 5) is 102. The number of aliphatic hydroxyl groups is 1. The third kappa shape index (κ3) is 22.8.